The lowest BCUT2D eigenvalue weighted by Gasteiger charge is -2.35. The monoisotopic (exact) mass is 295 g/mol. The van der Waals surface area contributed by atoms with Crippen LogP contribution in [0.25, 0.3) is 0 Å². The van der Waals surface area contributed by atoms with E-state index >= 15 is 0 Å². The number of aryl methyl sites for hydroxylation is 1. The summed E-state index contributed by atoms with van der Waals surface area (Å²) in [5.74, 6) is 0.574. The van der Waals surface area contributed by atoms with Gasteiger partial charge in [0.25, 0.3) is 5.91 Å². The van der Waals surface area contributed by atoms with Crippen LogP contribution in [0.2, 0.25) is 0 Å². The Kier molecular flexibility index (Phi) is 6.89. The molecule has 0 aromatic carbocycles. The van der Waals surface area contributed by atoms with Crippen LogP contribution in [0.1, 0.15) is 63.2 Å². The molecule has 1 amide bonds. The van der Waals surface area contributed by atoms with Crippen LogP contribution in [-0.4, -0.2) is 41.6 Å². The summed E-state index contributed by atoms with van der Waals surface area (Å²) in [6.07, 6.45) is 4.04. The summed E-state index contributed by atoms with van der Waals surface area (Å²) in [6, 6.07) is 1.70. The summed E-state index contributed by atoms with van der Waals surface area (Å²) in [4.78, 5) is 14.3. The number of nitrogens with one attached hydrogen (secondary N) is 1. The zero-order valence-electron chi connectivity index (χ0n) is 14.0. The van der Waals surface area contributed by atoms with E-state index in [1.165, 1.54) is 12.8 Å². The van der Waals surface area contributed by atoms with Gasteiger partial charge in [0.1, 0.15) is 5.76 Å². The molecule has 1 aromatic rings. The molecule has 21 heavy (non-hydrogen) atoms. The number of nitrogens with zero attached hydrogens (tertiary/aromatic N) is 2. The first kappa shape index (κ1) is 17.7. The van der Waals surface area contributed by atoms with Crippen molar-refractivity contribution in [2.45, 2.75) is 58.9 Å². The van der Waals surface area contributed by atoms with Crippen LogP contribution in [0.4, 0.5) is 0 Å². The summed E-state index contributed by atoms with van der Waals surface area (Å²) in [5.41, 5.74) is 0.435. The highest BCUT2D eigenvalue weighted by Gasteiger charge is 2.23. The van der Waals surface area contributed by atoms with E-state index in [4.69, 9.17) is 4.52 Å². The fraction of sp³-hybridized carbons (Fsp3) is 0.750. The fourth-order valence-electron chi connectivity index (χ4n) is 2.05. The second-order valence-corrected chi connectivity index (χ2v) is 6.13. The molecule has 120 valence electrons. The van der Waals surface area contributed by atoms with Crippen molar-refractivity contribution in [3.05, 3.63) is 17.5 Å². The second kappa shape index (κ2) is 8.17. The Labute approximate surface area is 128 Å². The molecule has 1 rings (SSSR count). The molecule has 0 radical (unpaired) electrons. The molecule has 0 spiro atoms. The highest BCUT2D eigenvalue weighted by molar-refractivity contribution is 5.92. The molecule has 0 atom stereocenters. The van der Waals surface area contributed by atoms with Crippen molar-refractivity contribution in [2.75, 3.05) is 20.1 Å². The molecule has 1 N–H and O–H groups in total. The minimum Gasteiger partial charge on any atom is -0.361 e. The Hall–Kier alpha value is -1.36. The van der Waals surface area contributed by atoms with E-state index in [1.54, 1.807) is 6.07 Å². The number of carbonyl (C=O) groups is 1. The number of carbonyl (C=O) groups excluding carboxylic acids is 1. The van der Waals surface area contributed by atoms with Gasteiger partial charge in [-0.3, -0.25) is 4.79 Å². The third-order valence-electron chi connectivity index (χ3n) is 4.04. The molecule has 0 aliphatic heterocycles. The first-order valence-electron chi connectivity index (χ1n) is 7.85. The van der Waals surface area contributed by atoms with Crippen LogP contribution in [0, 0.1) is 0 Å². The number of hydrogen-bond acceptors (Lipinski definition) is 4. The Morgan fingerprint density at radius 3 is 2.71 bits per heavy atom. The molecule has 0 saturated carbocycles. The number of hydrogen-bond donors (Lipinski definition) is 1. The van der Waals surface area contributed by atoms with Gasteiger partial charge < -0.3 is 14.7 Å². The van der Waals surface area contributed by atoms with Gasteiger partial charge in [-0.1, -0.05) is 25.4 Å². The quantitative estimate of drug-likeness (QED) is 0.761. The lowest BCUT2D eigenvalue weighted by molar-refractivity contribution is 0.0927. The van der Waals surface area contributed by atoms with Crippen molar-refractivity contribution in [3.63, 3.8) is 0 Å². The molecule has 1 aromatic heterocycles. The van der Waals surface area contributed by atoms with Crippen molar-refractivity contribution in [1.29, 1.82) is 0 Å². The Bertz CT molecular complexity index is 440. The Balaban J connectivity index is 2.39. The zero-order valence-corrected chi connectivity index (χ0v) is 14.0. The summed E-state index contributed by atoms with van der Waals surface area (Å²) in [5, 5.41) is 6.70. The minimum atomic E-state index is -0.162. The van der Waals surface area contributed by atoms with Gasteiger partial charge in [-0.25, -0.2) is 0 Å². The lowest BCUT2D eigenvalue weighted by atomic mass is 9.98. The van der Waals surface area contributed by atoms with Gasteiger partial charge in [-0.05, 0) is 40.3 Å². The normalized spacial score (nSPS) is 11.9. The molecular weight excluding hydrogens is 266 g/mol. The van der Waals surface area contributed by atoms with Crippen LogP contribution in [0.15, 0.2) is 10.6 Å². The molecular formula is C16H29N3O2. The zero-order chi connectivity index (χ0) is 15.9. The predicted octanol–water partition coefficient (Wildman–Crippen LogP) is 2.87. The summed E-state index contributed by atoms with van der Waals surface area (Å²) in [6.45, 7) is 10.3. The van der Waals surface area contributed by atoms with Crippen molar-refractivity contribution in [3.8, 4) is 0 Å². The fourth-order valence-corrected chi connectivity index (χ4v) is 2.05. The summed E-state index contributed by atoms with van der Waals surface area (Å²) in [7, 11) is 2.14. The maximum atomic E-state index is 12.0. The van der Waals surface area contributed by atoms with Crippen LogP contribution < -0.4 is 5.32 Å². The van der Waals surface area contributed by atoms with E-state index in [0.29, 0.717) is 12.2 Å². The van der Waals surface area contributed by atoms with E-state index in [1.807, 2.05) is 6.92 Å². The van der Waals surface area contributed by atoms with Crippen molar-refractivity contribution < 1.29 is 9.32 Å². The second-order valence-electron chi connectivity index (χ2n) is 6.13. The highest BCUT2D eigenvalue weighted by Crippen LogP contribution is 2.17. The average Bonchev–Trinajstić information content (AvgIpc) is 2.93. The SMILES string of the molecule is CCCCN(C)C(C)(C)CCNC(=O)c1cc(CC)on1. The van der Waals surface area contributed by atoms with Gasteiger partial charge in [0.15, 0.2) is 5.69 Å². The van der Waals surface area contributed by atoms with Crippen molar-refractivity contribution in [2.24, 2.45) is 0 Å². The molecule has 5 nitrogen and oxygen atoms in total. The van der Waals surface area contributed by atoms with Crippen molar-refractivity contribution >= 4 is 5.91 Å². The smallest absolute Gasteiger partial charge is 0.273 e. The molecule has 5 heteroatoms. The third kappa shape index (κ3) is 5.50. The maximum absolute atomic E-state index is 12.0. The maximum Gasteiger partial charge on any atom is 0.273 e. The number of amides is 1. The molecule has 0 aliphatic carbocycles. The minimum absolute atomic E-state index is 0.0703. The third-order valence-corrected chi connectivity index (χ3v) is 4.04. The van der Waals surface area contributed by atoms with Gasteiger partial charge >= 0.3 is 0 Å². The summed E-state index contributed by atoms with van der Waals surface area (Å²) >= 11 is 0. The first-order valence-corrected chi connectivity index (χ1v) is 7.85. The molecule has 0 bridgehead atoms. The van der Waals surface area contributed by atoms with Crippen LogP contribution in [0.5, 0.6) is 0 Å². The lowest BCUT2D eigenvalue weighted by Crippen LogP contribution is -2.44. The van der Waals surface area contributed by atoms with Crippen LogP contribution >= 0.6 is 0 Å². The van der Waals surface area contributed by atoms with Gasteiger partial charge in [0, 0.05) is 24.6 Å². The molecule has 0 saturated heterocycles. The van der Waals surface area contributed by atoms with Gasteiger partial charge in [-0.15, -0.1) is 0 Å². The van der Waals surface area contributed by atoms with E-state index in [-0.39, 0.29) is 11.4 Å². The van der Waals surface area contributed by atoms with Gasteiger partial charge in [-0.2, -0.15) is 0 Å². The molecule has 0 unspecified atom stereocenters. The Morgan fingerprint density at radius 2 is 2.14 bits per heavy atom. The first-order chi connectivity index (χ1) is 9.90. The largest absolute Gasteiger partial charge is 0.361 e. The average molecular weight is 295 g/mol. The summed E-state index contributed by atoms with van der Waals surface area (Å²) < 4.78 is 5.05. The highest BCUT2D eigenvalue weighted by atomic mass is 16.5. The standard InChI is InChI=1S/C16H29N3O2/c1-6-8-11-19(5)16(3,4)9-10-17-15(20)14-12-13(7-2)21-18-14/h12H,6-11H2,1-5H3,(H,17,20). The number of unbranched alkanes of at least 4 members (excludes halogenated alkanes) is 1. The molecule has 0 aliphatic rings. The van der Waals surface area contributed by atoms with E-state index in [2.05, 4.69) is 43.2 Å². The van der Waals surface area contributed by atoms with Gasteiger partial charge in [0.05, 0.1) is 0 Å². The molecule has 1 heterocycles. The van der Waals surface area contributed by atoms with E-state index < -0.39 is 0 Å². The predicted molar refractivity (Wildman–Crippen MR) is 84.4 cm³/mol. The van der Waals surface area contributed by atoms with E-state index in [9.17, 15) is 4.79 Å². The number of aromatic nitrogens is 1. The van der Waals surface area contributed by atoms with Crippen LogP contribution in [-0.2, 0) is 6.42 Å². The topological polar surface area (TPSA) is 58.4 Å². The van der Waals surface area contributed by atoms with Crippen LogP contribution in [0.3, 0.4) is 0 Å². The van der Waals surface area contributed by atoms with E-state index in [0.717, 1.165) is 25.1 Å². The number of rotatable bonds is 9. The Morgan fingerprint density at radius 1 is 1.43 bits per heavy atom. The van der Waals surface area contributed by atoms with Gasteiger partial charge in [0.2, 0.25) is 0 Å². The van der Waals surface area contributed by atoms with Crippen molar-refractivity contribution in [1.82, 2.24) is 15.4 Å². The molecule has 0 fully saturated rings.